The van der Waals surface area contributed by atoms with E-state index < -0.39 is 0 Å². The molecule has 5 nitrogen and oxygen atoms in total. The van der Waals surface area contributed by atoms with E-state index in [1.54, 1.807) is 12.1 Å². The zero-order valence-electron chi connectivity index (χ0n) is 13.4. The summed E-state index contributed by atoms with van der Waals surface area (Å²) in [5, 5.41) is 10.7. The van der Waals surface area contributed by atoms with E-state index in [1.165, 1.54) is 11.3 Å². The predicted octanol–water partition coefficient (Wildman–Crippen LogP) is 2.46. The van der Waals surface area contributed by atoms with Crippen molar-refractivity contribution in [1.29, 1.82) is 5.26 Å². The van der Waals surface area contributed by atoms with Crippen molar-refractivity contribution in [3.05, 3.63) is 52.2 Å². The standard InChI is InChI=1S/C18H19N3O2S/c19-14-15-3-5-16(6-4-15)23-12-11-20-7-9-21(10-8-20)18(22)17-2-1-13-24-17/h1-6,13H,7-12H2. The van der Waals surface area contributed by atoms with Gasteiger partial charge in [-0.15, -0.1) is 11.3 Å². The molecule has 0 unspecified atom stereocenters. The Morgan fingerprint density at radius 1 is 1.17 bits per heavy atom. The minimum atomic E-state index is 0.137. The van der Waals surface area contributed by atoms with Gasteiger partial charge < -0.3 is 9.64 Å². The Morgan fingerprint density at radius 3 is 2.54 bits per heavy atom. The normalized spacial score (nSPS) is 15.0. The molecule has 2 aromatic rings. The number of hydrogen-bond acceptors (Lipinski definition) is 5. The maximum absolute atomic E-state index is 12.3. The van der Waals surface area contributed by atoms with Crippen LogP contribution >= 0.6 is 11.3 Å². The van der Waals surface area contributed by atoms with Crippen molar-refractivity contribution in [2.45, 2.75) is 0 Å². The number of carbonyl (C=O) groups is 1. The second-order valence-corrected chi connectivity index (χ2v) is 6.54. The monoisotopic (exact) mass is 341 g/mol. The van der Waals surface area contributed by atoms with Crippen LogP contribution in [0.1, 0.15) is 15.2 Å². The van der Waals surface area contributed by atoms with E-state index in [4.69, 9.17) is 10.00 Å². The molecule has 1 aromatic heterocycles. The van der Waals surface area contributed by atoms with Gasteiger partial charge in [0.15, 0.2) is 0 Å². The van der Waals surface area contributed by atoms with Gasteiger partial charge >= 0.3 is 0 Å². The summed E-state index contributed by atoms with van der Waals surface area (Å²) in [4.78, 5) is 17.3. The minimum Gasteiger partial charge on any atom is -0.492 e. The van der Waals surface area contributed by atoms with Crippen LogP contribution in [0.15, 0.2) is 41.8 Å². The van der Waals surface area contributed by atoms with E-state index in [0.29, 0.717) is 12.2 Å². The number of carbonyl (C=O) groups excluding carboxylic acids is 1. The molecule has 0 bridgehead atoms. The van der Waals surface area contributed by atoms with Gasteiger partial charge in [-0.2, -0.15) is 5.26 Å². The Balaban J connectivity index is 1.39. The number of amides is 1. The van der Waals surface area contributed by atoms with E-state index in [-0.39, 0.29) is 5.91 Å². The highest BCUT2D eigenvalue weighted by atomic mass is 32.1. The lowest BCUT2D eigenvalue weighted by molar-refractivity contribution is 0.0625. The van der Waals surface area contributed by atoms with E-state index in [2.05, 4.69) is 11.0 Å². The summed E-state index contributed by atoms with van der Waals surface area (Å²) in [6.07, 6.45) is 0. The molecular weight excluding hydrogens is 322 g/mol. The number of ether oxygens (including phenoxy) is 1. The minimum absolute atomic E-state index is 0.137. The highest BCUT2D eigenvalue weighted by Crippen LogP contribution is 2.14. The first-order chi connectivity index (χ1) is 11.8. The quantitative estimate of drug-likeness (QED) is 0.838. The van der Waals surface area contributed by atoms with Crippen molar-refractivity contribution in [3.8, 4) is 11.8 Å². The molecular formula is C18H19N3O2S. The van der Waals surface area contributed by atoms with E-state index in [9.17, 15) is 4.79 Å². The number of piperazine rings is 1. The second kappa shape index (κ2) is 7.95. The summed E-state index contributed by atoms with van der Waals surface area (Å²) >= 11 is 1.49. The van der Waals surface area contributed by atoms with Crippen molar-refractivity contribution in [2.75, 3.05) is 39.3 Å². The fourth-order valence-corrected chi connectivity index (χ4v) is 3.34. The molecule has 1 amide bonds. The van der Waals surface area contributed by atoms with E-state index in [1.807, 2.05) is 34.5 Å². The molecule has 24 heavy (non-hydrogen) atoms. The first-order valence-corrected chi connectivity index (χ1v) is 8.82. The molecule has 124 valence electrons. The summed E-state index contributed by atoms with van der Waals surface area (Å²) in [6, 6.07) is 13.0. The third kappa shape index (κ3) is 4.13. The SMILES string of the molecule is N#Cc1ccc(OCCN2CCN(C(=O)c3cccs3)CC2)cc1. The van der Waals surface area contributed by atoms with Crippen LogP contribution in [0.2, 0.25) is 0 Å². The molecule has 0 atom stereocenters. The largest absolute Gasteiger partial charge is 0.492 e. The van der Waals surface area contributed by atoms with Crippen molar-refractivity contribution in [3.63, 3.8) is 0 Å². The molecule has 3 rings (SSSR count). The number of thiophene rings is 1. The van der Waals surface area contributed by atoms with Crippen LogP contribution in [-0.4, -0.2) is 55.0 Å². The third-order valence-electron chi connectivity index (χ3n) is 4.05. The van der Waals surface area contributed by atoms with Crippen LogP contribution in [0.5, 0.6) is 5.75 Å². The van der Waals surface area contributed by atoms with Crippen LogP contribution in [0, 0.1) is 11.3 Å². The molecule has 1 saturated heterocycles. The Morgan fingerprint density at radius 2 is 1.92 bits per heavy atom. The first kappa shape index (κ1) is 16.5. The van der Waals surface area contributed by atoms with Gasteiger partial charge in [0.1, 0.15) is 12.4 Å². The number of nitriles is 1. The van der Waals surface area contributed by atoms with Crippen LogP contribution in [0.25, 0.3) is 0 Å². The summed E-state index contributed by atoms with van der Waals surface area (Å²) in [6.45, 7) is 4.69. The average molecular weight is 341 g/mol. The summed E-state index contributed by atoms with van der Waals surface area (Å²) in [5.74, 6) is 0.916. The van der Waals surface area contributed by atoms with Gasteiger partial charge in [-0.1, -0.05) is 6.07 Å². The van der Waals surface area contributed by atoms with Gasteiger partial charge in [-0.05, 0) is 35.7 Å². The Bertz CT molecular complexity index is 699. The van der Waals surface area contributed by atoms with Crippen molar-refractivity contribution < 1.29 is 9.53 Å². The lowest BCUT2D eigenvalue weighted by Gasteiger charge is -2.34. The third-order valence-corrected chi connectivity index (χ3v) is 4.91. The van der Waals surface area contributed by atoms with Crippen molar-refractivity contribution in [2.24, 2.45) is 0 Å². The van der Waals surface area contributed by atoms with E-state index >= 15 is 0 Å². The molecule has 2 heterocycles. The zero-order valence-corrected chi connectivity index (χ0v) is 14.2. The van der Waals surface area contributed by atoms with Crippen molar-refractivity contribution in [1.82, 2.24) is 9.80 Å². The molecule has 0 spiro atoms. The molecule has 1 aromatic carbocycles. The molecule has 0 aliphatic carbocycles. The highest BCUT2D eigenvalue weighted by Gasteiger charge is 2.22. The van der Waals surface area contributed by atoms with Gasteiger partial charge in [0.2, 0.25) is 0 Å². The van der Waals surface area contributed by atoms with Gasteiger partial charge in [-0.25, -0.2) is 0 Å². The Labute approximate surface area is 145 Å². The topological polar surface area (TPSA) is 56.6 Å². The summed E-state index contributed by atoms with van der Waals surface area (Å²) in [7, 11) is 0. The molecule has 1 fully saturated rings. The van der Waals surface area contributed by atoms with Crippen LogP contribution in [0.3, 0.4) is 0 Å². The number of rotatable bonds is 5. The lowest BCUT2D eigenvalue weighted by Crippen LogP contribution is -2.49. The maximum Gasteiger partial charge on any atom is 0.264 e. The van der Waals surface area contributed by atoms with Crippen LogP contribution < -0.4 is 4.74 Å². The lowest BCUT2D eigenvalue weighted by atomic mass is 10.2. The first-order valence-electron chi connectivity index (χ1n) is 7.94. The number of benzene rings is 1. The molecule has 0 N–H and O–H groups in total. The fourth-order valence-electron chi connectivity index (χ4n) is 2.65. The van der Waals surface area contributed by atoms with E-state index in [0.717, 1.165) is 43.4 Å². The molecule has 0 saturated carbocycles. The van der Waals surface area contributed by atoms with Crippen LogP contribution in [-0.2, 0) is 0 Å². The molecule has 6 heteroatoms. The van der Waals surface area contributed by atoms with Crippen LogP contribution in [0.4, 0.5) is 0 Å². The van der Waals surface area contributed by atoms with Gasteiger partial charge in [0.25, 0.3) is 5.91 Å². The molecule has 1 aliphatic rings. The molecule has 1 aliphatic heterocycles. The van der Waals surface area contributed by atoms with Crippen molar-refractivity contribution >= 4 is 17.2 Å². The number of hydrogen-bond donors (Lipinski definition) is 0. The zero-order chi connectivity index (χ0) is 16.8. The number of nitrogens with zero attached hydrogens (tertiary/aromatic N) is 3. The molecule has 0 radical (unpaired) electrons. The maximum atomic E-state index is 12.3. The highest BCUT2D eigenvalue weighted by molar-refractivity contribution is 7.12. The average Bonchev–Trinajstić information content (AvgIpc) is 3.17. The second-order valence-electron chi connectivity index (χ2n) is 5.60. The van der Waals surface area contributed by atoms with Gasteiger partial charge in [-0.3, -0.25) is 9.69 Å². The fraction of sp³-hybridized carbons (Fsp3) is 0.333. The smallest absolute Gasteiger partial charge is 0.264 e. The predicted molar refractivity (Wildman–Crippen MR) is 93.3 cm³/mol. The van der Waals surface area contributed by atoms with Gasteiger partial charge in [0.05, 0.1) is 16.5 Å². The summed E-state index contributed by atoms with van der Waals surface area (Å²) in [5.41, 5.74) is 0.633. The van der Waals surface area contributed by atoms with Gasteiger partial charge in [0, 0.05) is 32.7 Å². The Kier molecular flexibility index (Phi) is 5.47. The summed E-state index contributed by atoms with van der Waals surface area (Å²) < 4.78 is 5.71. The Hall–Kier alpha value is -2.36.